The smallest absolute Gasteiger partial charge is 0.224 e. The highest BCUT2D eigenvalue weighted by molar-refractivity contribution is 9.10. The monoisotopic (exact) mass is 388 g/mol. The number of rotatable bonds is 6. The molecule has 0 unspecified atom stereocenters. The van der Waals surface area contributed by atoms with Gasteiger partial charge in [-0.2, -0.15) is 0 Å². The Labute approximate surface area is 145 Å². The molecule has 1 fully saturated rings. The van der Waals surface area contributed by atoms with Crippen molar-refractivity contribution in [2.75, 3.05) is 25.0 Å². The first kappa shape index (κ1) is 17.6. The lowest BCUT2D eigenvalue weighted by Gasteiger charge is -2.22. The van der Waals surface area contributed by atoms with Gasteiger partial charge in [0.15, 0.2) is 5.75 Å². The highest BCUT2D eigenvalue weighted by Gasteiger charge is 2.16. The molecule has 1 aromatic carbocycles. The van der Waals surface area contributed by atoms with Gasteiger partial charge in [0.2, 0.25) is 5.91 Å². The summed E-state index contributed by atoms with van der Waals surface area (Å²) in [6.07, 6.45) is 3.76. The minimum absolute atomic E-state index is 0.00801. The minimum atomic E-state index is 0.00801. The van der Waals surface area contributed by atoms with Gasteiger partial charge in [-0.15, -0.1) is 0 Å². The van der Waals surface area contributed by atoms with Crippen LogP contribution >= 0.6 is 27.5 Å². The Morgan fingerprint density at radius 3 is 2.86 bits per heavy atom. The summed E-state index contributed by atoms with van der Waals surface area (Å²) >= 11 is 9.48. The number of benzene rings is 1. The van der Waals surface area contributed by atoms with Gasteiger partial charge in [0, 0.05) is 11.4 Å². The van der Waals surface area contributed by atoms with Crippen molar-refractivity contribution in [3.8, 4) is 5.75 Å². The van der Waals surface area contributed by atoms with Gasteiger partial charge >= 0.3 is 0 Å². The van der Waals surface area contributed by atoms with Crippen molar-refractivity contribution in [2.45, 2.75) is 32.6 Å². The Balaban J connectivity index is 1.95. The van der Waals surface area contributed by atoms with Gasteiger partial charge in [-0.05, 0) is 73.3 Å². The average molecular weight is 390 g/mol. The second kappa shape index (κ2) is 8.75. The molecule has 0 saturated carbocycles. The molecule has 0 spiro atoms. The molecule has 0 radical (unpaired) electrons. The lowest BCUT2D eigenvalue weighted by atomic mass is 9.93. The van der Waals surface area contributed by atoms with Gasteiger partial charge in [-0.3, -0.25) is 4.79 Å². The Hall–Kier alpha value is -0.780. The van der Waals surface area contributed by atoms with Crippen LogP contribution in [0.25, 0.3) is 0 Å². The molecule has 1 saturated heterocycles. The first-order chi connectivity index (χ1) is 10.6. The lowest BCUT2D eigenvalue weighted by molar-refractivity contribution is -0.116. The van der Waals surface area contributed by atoms with Crippen LogP contribution in [0.1, 0.15) is 32.6 Å². The van der Waals surface area contributed by atoms with Crippen molar-refractivity contribution >= 4 is 39.1 Å². The Morgan fingerprint density at radius 2 is 2.18 bits per heavy atom. The van der Waals surface area contributed by atoms with E-state index in [1.165, 1.54) is 0 Å². The molecule has 0 aromatic heterocycles. The Kier molecular flexibility index (Phi) is 6.99. The fourth-order valence-corrected chi connectivity index (χ4v) is 3.59. The van der Waals surface area contributed by atoms with E-state index in [4.69, 9.17) is 16.3 Å². The number of ether oxygens (including phenoxy) is 1. The molecule has 6 heteroatoms. The molecule has 1 aliphatic heterocycles. The molecule has 0 bridgehead atoms. The van der Waals surface area contributed by atoms with E-state index in [9.17, 15) is 4.79 Å². The third-order valence-corrected chi connectivity index (χ3v) is 4.62. The number of nitrogens with one attached hydrogen (secondary N) is 2. The van der Waals surface area contributed by atoms with E-state index in [1.54, 1.807) is 12.1 Å². The zero-order valence-electron chi connectivity index (χ0n) is 12.8. The topological polar surface area (TPSA) is 50.4 Å². The number of halogens is 2. The van der Waals surface area contributed by atoms with E-state index in [0.717, 1.165) is 36.8 Å². The van der Waals surface area contributed by atoms with Crippen molar-refractivity contribution in [1.82, 2.24) is 5.32 Å². The zero-order chi connectivity index (χ0) is 15.9. The predicted molar refractivity (Wildman–Crippen MR) is 93.8 cm³/mol. The van der Waals surface area contributed by atoms with Crippen molar-refractivity contribution in [2.24, 2.45) is 5.92 Å². The van der Waals surface area contributed by atoms with E-state index >= 15 is 0 Å². The summed E-state index contributed by atoms with van der Waals surface area (Å²) < 4.78 is 6.34. The van der Waals surface area contributed by atoms with Crippen molar-refractivity contribution in [1.29, 1.82) is 0 Å². The molecule has 1 amide bonds. The number of hydrogen-bond donors (Lipinski definition) is 2. The van der Waals surface area contributed by atoms with E-state index in [0.29, 0.717) is 35.4 Å². The molecule has 2 rings (SSSR count). The molecular weight excluding hydrogens is 368 g/mol. The molecule has 1 aliphatic rings. The minimum Gasteiger partial charge on any atom is -0.491 e. The summed E-state index contributed by atoms with van der Waals surface area (Å²) in [5.41, 5.74) is 0.622. The van der Waals surface area contributed by atoms with Gasteiger partial charge in [0.05, 0.1) is 16.8 Å². The van der Waals surface area contributed by atoms with E-state index in [-0.39, 0.29) is 5.91 Å². The van der Waals surface area contributed by atoms with Gasteiger partial charge in [0.1, 0.15) is 0 Å². The zero-order valence-corrected chi connectivity index (χ0v) is 15.1. The van der Waals surface area contributed by atoms with E-state index < -0.39 is 0 Å². The Morgan fingerprint density at radius 1 is 1.45 bits per heavy atom. The van der Waals surface area contributed by atoms with Crippen LogP contribution < -0.4 is 15.4 Å². The molecule has 0 atom stereocenters. The highest BCUT2D eigenvalue weighted by Crippen LogP contribution is 2.36. The molecule has 22 heavy (non-hydrogen) atoms. The molecule has 4 nitrogen and oxygen atoms in total. The molecule has 0 aliphatic carbocycles. The van der Waals surface area contributed by atoms with Gasteiger partial charge in [-0.25, -0.2) is 0 Å². The van der Waals surface area contributed by atoms with E-state index in [1.807, 2.05) is 6.92 Å². The third-order valence-electron chi connectivity index (χ3n) is 3.81. The molecule has 1 heterocycles. The Bertz CT molecular complexity index is 519. The third kappa shape index (κ3) is 5.14. The second-order valence-corrected chi connectivity index (χ2v) is 6.77. The number of anilines is 1. The maximum atomic E-state index is 12.2. The maximum absolute atomic E-state index is 12.2. The highest BCUT2D eigenvalue weighted by atomic mass is 79.9. The quantitative estimate of drug-likeness (QED) is 0.766. The summed E-state index contributed by atoms with van der Waals surface area (Å²) in [6.45, 7) is 4.55. The average Bonchev–Trinajstić information content (AvgIpc) is 2.50. The summed E-state index contributed by atoms with van der Waals surface area (Å²) in [7, 11) is 0. The molecule has 1 aromatic rings. The number of piperidine rings is 1. The summed E-state index contributed by atoms with van der Waals surface area (Å²) in [4.78, 5) is 12.2. The van der Waals surface area contributed by atoms with Crippen LogP contribution in [0, 0.1) is 5.92 Å². The van der Waals surface area contributed by atoms with Crippen LogP contribution in [0.15, 0.2) is 16.6 Å². The fourth-order valence-electron chi connectivity index (χ4n) is 2.66. The van der Waals surface area contributed by atoms with Gasteiger partial charge in [0.25, 0.3) is 0 Å². The second-order valence-electron chi connectivity index (χ2n) is 5.48. The normalized spacial score (nSPS) is 15.6. The van der Waals surface area contributed by atoms with Gasteiger partial charge in [-0.1, -0.05) is 11.6 Å². The standard InChI is InChI=1S/C16H22BrClN2O2/c1-2-22-16-13(17)9-12(18)10-14(16)20-15(21)4-3-11-5-7-19-8-6-11/h9-11,19H,2-8H2,1H3,(H,20,21). The predicted octanol–water partition coefficient (Wildman–Crippen LogP) is 4.22. The summed E-state index contributed by atoms with van der Waals surface area (Å²) in [5.74, 6) is 1.28. The van der Waals surface area contributed by atoms with Crippen molar-refractivity contribution in [3.63, 3.8) is 0 Å². The van der Waals surface area contributed by atoms with Crippen molar-refractivity contribution in [3.05, 3.63) is 21.6 Å². The largest absolute Gasteiger partial charge is 0.491 e. The number of carbonyl (C=O) groups excluding carboxylic acids is 1. The number of amides is 1. The molecular formula is C16H22BrClN2O2. The van der Waals surface area contributed by atoms with Crippen molar-refractivity contribution < 1.29 is 9.53 Å². The summed E-state index contributed by atoms with van der Waals surface area (Å²) in [6, 6.07) is 3.48. The first-order valence-corrected chi connectivity index (χ1v) is 8.89. The number of carbonyl (C=O) groups is 1. The number of hydrogen-bond acceptors (Lipinski definition) is 3. The van der Waals surface area contributed by atoms with E-state index in [2.05, 4.69) is 26.6 Å². The SMILES string of the molecule is CCOc1c(Br)cc(Cl)cc1NC(=O)CCC1CCNCC1. The first-order valence-electron chi connectivity index (χ1n) is 7.72. The van der Waals surface area contributed by atoms with Crippen LogP contribution in [-0.4, -0.2) is 25.6 Å². The summed E-state index contributed by atoms with van der Waals surface area (Å²) in [5, 5.41) is 6.82. The van der Waals surface area contributed by atoms with Crippen LogP contribution in [0.3, 0.4) is 0 Å². The van der Waals surface area contributed by atoms with Crippen LogP contribution in [0.5, 0.6) is 5.75 Å². The van der Waals surface area contributed by atoms with Gasteiger partial charge < -0.3 is 15.4 Å². The fraction of sp³-hybridized carbons (Fsp3) is 0.562. The maximum Gasteiger partial charge on any atom is 0.224 e. The van der Waals surface area contributed by atoms with Crippen LogP contribution in [0.2, 0.25) is 5.02 Å². The molecule has 122 valence electrons. The lowest BCUT2D eigenvalue weighted by Crippen LogP contribution is -2.28. The van der Waals surface area contributed by atoms with Crippen LogP contribution in [-0.2, 0) is 4.79 Å². The molecule has 2 N–H and O–H groups in total. The van der Waals surface area contributed by atoms with Crippen LogP contribution in [0.4, 0.5) is 5.69 Å².